The molecule has 0 aliphatic carbocycles. The number of likely N-dealkylation sites (N-methyl/N-ethyl adjacent to an activating group) is 2. The third kappa shape index (κ3) is 4.13. The topological polar surface area (TPSA) is 28.2 Å². The lowest BCUT2D eigenvalue weighted by Crippen LogP contribution is -2.33. The molecule has 0 saturated carbocycles. The lowest BCUT2D eigenvalue weighted by Gasteiger charge is -2.28. The highest BCUT2D eigenvalue weighted by molar-refractivity contribution is 7.09. The summed E-state index contributed by atoms with van der Waals surface area (Å²) in [5.41, 5.74) is 2.51. The molecular formula is C16H23N3S. The first-order chi connectivity index (χ1) is 9.70. The van der Waals surface area contributed by atoms with E-state index in [2.05, 4.69) is 71.8 Å². The Labute approximate surface area is 125 Å². The number of aryl methyl sites for hydroxylation is 1. The van der Waals surface area contributed by atoms with Crippen LogP contribution < -0.4 is 5.32 Å². The lowest BCUT2D eigenvalue weighted by molar-refractivity contribution is 0.228. The molecule has 1 N–H and O–H groups in total. The van der Waals surface area contributed by atoms with Crippen LogP contribution in [0.2, 0.25) is 0 Å². The summed E-state index contributed by atoms with van der Waals surface area (Å²) < 4.78 is 0. The molecule has 0 radical (unpaired) electrons. The number of nitrogens with one attached hydrogen (secondary N) is 1. The minimum absolute atomic E-state index is 0.373. The second-order valence-corrected chi connectivity index (χ2v) is 6.07. The average Bonchev–Trinajstić information content (AvgIpc) is 2.86. The molecule has 0 aliphatic heterocycles. The van der Waals surface area contributed by atoms with Gasteiger partial charge < -0.3 is 5.32 Å². The molecule has 0 bridgehead atoms. The van der Waals surface area contributed by atoms with E-state index in [4.69, 9.17) is 0 Å². The van der Waals surface area contributed by atoms with Crippen molar-refractivity contribution in [3.8, 4) is 0 Å². The Hall–Kier alpha value is -1.23. The van der Waals surface area contributed by atoms with E-state index in [-0.39, 0.29) is 0 Å². The van der Waals surface area contributed by atoms with E-state index in [0.29, 0.717) is 6.04 Å². The standard InChI is InChI=1S/C16H23N3S/c1-4-17-10-16(14-8-6-5-7-9-14)19(3)11-15-12-20-13(2)18-15/h5-9,12,16-17H,4,10-11H2,1-3H3. The predicted molar refractivity (Wildman–Crippen MR) is 86.0 cm³/mol. The van der Waals surface area contributed by atoms with Crippen LogP contribution in [-0.4, -0.2) is 30.0 Å². The molecule has 4 heteroatoms. The predicted octanol–water partition coefficient (Wildman–Crippen LogP) is 3.23. The van der Waals surface area contributed by atoms with E-state index in [0.717, 1.165) is 30.3 Å². The quantitative estimate of drug-likeness (QED) is 0.848. The summed E-state index contributed by atoms with van der Waals surface area (Å²) in [4.78, 5) is 6.93. The summed E-state index contributed by atoms with van der Waals surface area (Å²) in [6.07, 6.45) is 0. The van der Waals surface area contributed by atoms with E-state index < -0.39 is 0 Å². The lowest BCUT2D eigenvalue weighted by atomic mass is 10.1. The zero-order valence-corrected chi connectivity index (χ0v) is 13.3. The third-order valence-corrected chi connectivity index (χ3v) is 4.20. The van der Waals surface area contributed by atoms with Gasteiger partial charge in [-0.2, -0.15) is 0 Å². The molecule has 1 aromatic carbocycles. The Balaban J connectivity index is 2.09. The Morgan fingerprint density at radius 2 is 2.05 bits per heavy atom. The van der Waals surface area contributed by atoms with E-state index in [1.54, 1.807) is 11.3 Å². The van der Waals surface area contributed by atoms with Crippen molar-refractivity contribution in [1.82, 2.24) is 15.2 Å². The zero-order valence-electron chi connectivity index (χ0n) is 12.5. The fraction of sp³-hybridized carbons (Fsp3) is 0.438. The molecule has 108 valence electrons. The zero-order chi connectivity index (χ0) is 14.4. The summed E-state index contributed by atoms with van der Waals surface area (Å²) in [6.45, 7) is 7.04. The van der Waals surface area contributed by atoms with E-state index in [9.17, 15) is 0 Å². The molecule has 2 rings (SSSR count). The SMILES string of the molecule is CCNCC(c1ccccc1)N(C)Cc1csc(C)n1. The Morgan fingerprint density at radius 1 is 1.30 bits per heavy atom. The van der Waals surface area contributed by atoms with Gasteiger partial charge >= 0.3 is 0 Å². The highest BCUT2D eigenvalue weighted by Gasteiger charge is 2.17. The number of nitrogens with zero attached hydrogens (tertiary/aromatic N) is 2. The maximum Gasteiger partial charge on any atom is 0.0897 e. The van der Waals surface area contributed by atoms with Gasteiger partial charge in [0, 0.05) is 24.5 Å². The van der Waals surface area contributed by atoms with Gasteiger partial charge in [0.2, 0.25) is 0 Å². The number of hydrogen-bond donors (Lipinski definition) is 1. The molecule has 0 spiro atoms. The van der Waals surface area contributed by atoms with Crippen molar-refractivity contribution in [2.75, 3.05) is 20.1 Å². The Kier molecular flexibility index (Phi) is 5.71. The van der Waals surface area contributed by atoms with Crippen molar-refractivity contribution in [2.24, 2.45) is 0 Å². The summed E-state index contributed by atoms with van der Waals surface area (Å²) in [5, 5.41) is 6.75. The molecule has 20 heavy (non-hydrogen) atoms. The molecule has 0 aliphatic rings. The highest BCUT2D eigenvalue weighted by Crippen LogP contribution is 2.21. The van der Waals surface area contributed by atoms with Gasteiger partial charge in [-0.1, -0.05) is 37.3 Å². The minimum Gasteiger partial charge on any atom is -0.315 e. The molecule has 3 nitrogen and oxygen atoms in total. The van der Waals surface area contributed by atoms with Crippen LogP contribution in [0.1, 0.15) is 29.2 Å². The molecular weight excluding hydrogens is 266 g/mol. The first-order valence-electron chi connectivity index (χ1n) is 7.07. The van der Waals surface area contributed by atoms with Crippen LogP contribution in [0.15, 0.2) is 35.7 Å². The number of thiazole rings is 1. The maximum absolute atomic E-state index is 4.56. The van der Waals surface area contributed by atoms with Crippen LogP contribution >= 0.6 is 11.3 Å². The van der Waals surface area contributed by atoms with Gasteiger partial charge in [-0.25, -0.2) is 4.98 Å². The molecule has 1 aromatic heterocycles. The molecule has 1 atom stereocenters. The van der Waals surface area contributed by atoms with Crippen LogP contribution in [0.4, 0.5) is 0 Å². The molecule has 0 saturated heterocycles. The van der Waals surface area contributed by atoms with Crippen LogP contribution in [0.5, 0.6) is 0 Å². The van der Waals surface area contributed by atoms with Crippen LogP contribution in [0.3, 0.4) is 0 Å². The molecule has 0 fully saturated rings. The molecule has 1 heterocycles. The first-order valence-corrected chi connectivity index (χ1v) is 7.95. The van der Waals surface area contributed by atoms with Crippen molar-refractivity contribution in [2.45, 2.75) is 26.4 Å². The highest BCUT2D eigenvalue weighted by atomic mass is 32.1. The summed E-state index contributed by atoms with van der Waals surface area (Å²) in [7, 11) is 2.17. The van der Waals surface area contributed by atoms with Gasteiger partial charge in [0.1, 0.15) is 0 Å². The largest absolute Gasteiger partial charge is 0.315 e. The molecule has 1 unspecified atom stereocenters. The van der Waals surface area contributed by atoms with E-state index in [1.807, 2.05) is 0 Å². The second kappa shape index (κ2) is 7.53. The van der Waals surface area contributed by atoms with Gasteiger partial charge in [-0.3, -0.25) is 4.90 Å². The normalized spacial score (nSPS) is 12.8. The number of rotatable bonds is 7. The summed E-state index contributed by atoms with van der Waals surface area (Å²) in [6, 6.07) is 11.1. The van der Waals surface area contributed by atoms with Crippen LogP contribution in [0.25, 0.3) is 0 Å². The van der Waals surface area contributed by atoms with Crippen molar-refractivity contribution < 1.29 is 0 Å². The van der Waals surface area contributed by atoms with Crippen molar-refractivity contribution in [3.63, 3.8) is 0 Å². The number of aromatic nitrogens is 1. The fourth-order valence-electron chi connectivity index (χ4n) is 2.33. The van der Waals surface area contributed by atoms with Crippen molar-refractivity contribution in [3.05, 3.63) is 52.0 Å². The first kappa shape index (κ1) is 15.2. The maximum atomic E-state index is 4.56. The Morgan fingerprint density at radius 3 is 2.65 bits per heavy atom. The summed E-state index contributed by atoms with van der Waals surface area (Å²) >= 11 is 1.72. The van der Waals surface area contributed by atoms with Crippen LogP contribution in [-0.2, 0) is 6.54 Å². The van der Waals surface area contributed by atoms with E-state index in [1.165, 1.54) is 5.56 Å². The number of benzene rings is 1. The molecule has 0 amide bonds. The minimum atomic E-state index is 0.373. The van der Waals surface area contributed by atoms with E-state index >= 15 is 0 Å². The van der Waals surface area contributed by atoms with Crippen LogP contribution in [0, 0.1) is 6.92 Å². The monoisotopic (exact) mass is 289 g/mol. The number of hydrogen-bond acceptors (Lipinski definition) is 4. The van der Waals surface area contributed by atoms with Gasteiger partial charge in [0.15, 0.2) is 0 Å². The summed E-state index contributed by atoms with van der Waals surface area (Å²) in [5.74, 6) is 0. The Bertz CT molecular complexity index is 509. The van der Waals surface area contributed by atoms with Crippen molar-refractivity contribution >= 4 is 11.3 Å². The molecule has 2 aromatic rings. The smallest absolute Gasteiger partial charge is 0.0897 e. The third-order valence-electron chi connectivity index (χ3n) is 3.38. The van der Waals surface area contributed by atoms with Gasteiger partial charge in [0.05, 0.1) is 10.7 Å². The van der Waals surface area contributed by atoms with Gasteiger partial charge in [-0.15, -0.1) is 11.3 Å². The fourth-order valence-corrected chi connectivity index (χ4v) is 2.93. The van der Waals surface area contributed by atoms with Gasteiger partial charge in [0.25, 0.3) is 0 Å². The average molecular weight is 289 g/mol. The van der Waals surface area contributed by atoms with Crippen molar-refractivity contribution in [1.29, 1.82) is 0 Å². The van der Waals surface area contributed by atoms with Gasteiger partial charge in [-0.05, 0) is 26.1 Å². The second-order valence-electron chi connectivity index (χ2n) is 5.01.